The third-order valence-corrected chi connectivity index (χ3v) is 5.22. The second-order valence-electron chi connectivity index (χ2n) is 8.77. The molecule has 2 rings (SSSR count). The Balaban J connectivity index is 1.80. The summed E-state index contributed by atoms with van der Waals surface area (Å²) in [6.45, 7) is 14.5. The molecule has 6 heteroatoms. The summed E-state index contributed by atoms with van der Waals surface area (Å²) in [5, 5.41) is 5.67. The van der Waals surface area contributed by atoms with Gasteiger partial charge in [0.2, 0.25) is 5.91 Å². The zero-order valence-electron chi connectivity index (χ0n) is 17.9. The molecule has 1 aromatic carbocycles. The molecule has 0 saturated carbocycles. The first kappa shape index (κ1) is 22.4. The molecule has 28 heavy (non-hydrogen) atoms. The van der Waals surface area contributed by atoms with Gasteiger partial charge in [0.25, 0.3) is 5.91 Å². The maximum Gasteiger partial charge on any atom is 0.251 e. The second-order valence-corrected chi connectivity index (χ2v) is 8.77. The maximum atomic E-state index is 12.3. The number of morpholine rings is 1. The SMILES string of the molecule is CC(C)C(CNC(=O)CNC(=O)c1ccc(C(C)(C)C)cc1)N1CCOCC1. The Morgan fingerprint density at radius 3 is 2.21 bits per heavy atom. The second kappa shape index (κ2) is 10.0. The molecule has 6 nitrogen and oxygen atoms in total. The summed E-state index contributed by atoms with van der Waals surface area (Å²) in [7, 11) is 0. The zero-order chi connectivity index (χ0) is 20.7. The van der Waals surface area contributed by atoms with Gasteiger partial charge in [0, 0.05) is 31.2 Å². The van der Waals surface area contributed by atoms with Gasteiger partial charge in [-0.3, -0.25) is 14.5 Å². The molecular formula is C22H35N3O3. The Hall–Kier alpha value is -1.92. The van der Waals surface area contributed by atoms with Gasteiger partial charge in [-0.15, -0.1) is 0 Å². The van der Waals surface area contributed by atoms with Gasteiger partial charge >= 0.3 is 0 Å². The first-order valence-electron chi connectivity index (χ1n) is 10.2. The van der Waals surface area contributed by atoms with Crippen molar-refractivity contribution < 1.29 is 14.3 Å². The van der Waals surface area contributed by atoms with Crippen LogP contribution in [0.1, 0.15) is 50.5 Å². The van der Waals surface area contributed by atoms with E-state index in [-0.39, 0.29) is 29.8 Å². The van der Waals surface area contributed by atoms with Crippen LogP contribution in [0, 0.1) is 5.92 Å². The first-order valence-corrected chi connectivity index (χ1v) is 10.2. The smallest absolute Gasteiger partial charge is 0.251 e. The Kier molecular flexibility index (Phi) is 8.01. The molecule has 1 aromatic rings. The highest BCUT2D eigenvalue weighted by Gasteiger charge is 2.24. The van der Waals surface area contributed by atoms with E-state index in [1.54, 1.807) is 12.1 Å². The van der Waals surface area contributed by atoms with Crippen LogP contribution >= 0.6 is 0 Å². The molecule has 0 aliphatic carbocycles. The molecule has 0 bridgehead atoms. The van der Waals surface area contributed by atoms with Crippen LogP contribution < -0.4 is 10.6 Å². The summed E-state index contributed by atoms with van der Waals surface area (Å²) in [6.07, 6.45) is 0. The molecule has 156 valence electrons. The predicted octanol–water partition coefficient (Wildman–Crippen LogP) is 2.19. The summed E-state index contributed by atoms with van der Waals surface area (Å²) < 4.78 is 5.41. The van der Waals surface area contributed by atoms with Crippen LogP contribution in [0.15, 0.2) is 24.3 Å². The topological polar surface area (TPSA) is 70.7 Å². The van der Waals surface area contributed by atoms with Crippen molar-refractivity contribution in [3.05, 3.63) is 35.4 Å². The van der Waals surface area contributed by atoms with Gasteiger partial charge in [0.15, 0.2) is 0 Å². The number of amides is 2. The highest BCUT2D eigenvalue weighted by atomic mass is 16.5. The molecule has 1 unspecified atom stereocenters. The third-order valence-electron chi connectivity index (χ3n) is 5.22. The Bertz CT molecular complexity index is 644. The number of hydrogen-bond donors (Lipinski definition) is 2. The van der Waals surface area contributed by atoms with E-state index in [0.29, 0.717) is 18.0 Å². The highest BCUT2D eigenvalue weighted by Crippen LogP contribution is 2.22. The molecule has 2 N–H and O–H groups in total. The van der Waals surface area contributed by atoms with E-state index in [4.69, 9.17) is 4.74 Å². The Morgan fingerprint density at radius 1 is 1.07 bits per heavy atom. The van der Waals surface area contributed by atoms with Crippen LogP contribution in [0.25, 0.3) is 0 Å². The Labute approximate surface area is 169 Å². The van der Waals surface area contributed by atoms with Crippen LogP contribution in [-0.2, 0) is 14.9 Å². The maximum absolute atomic E-state index is 12.3. The van der Waals surface area contributed by atoms with Crippen molar-refractivity contribution in [2.45, 2.75) is 46.1 Å². The largest absolute Gasteiger partial charge is 0.379 e. The normalized spacial score (nSPS) is 16.6. The van der Waals surface area contributed by atoms with Gasteiger partial charge in [-0.1, -0.05) is 46.8 Å². The summed E-state index contributed by atoms with van der Waals surface area (Å²) in [6, 6.07) is 7.81. The van der Waals surface area contributed by atoms with Crippen molar-refractivity contribution in [1.82, 2.24) is 15.5 Å². The van der Waals surface area contributed by atoms with Gasteiger partial charge in [-0.05, 0) is 29.0 Å². The fraction of sp³-hybridized carbons (Fsp3) is 0.636. The van der Waals surface area contributed by atoms with E-state index in [9.17, 15) is 9.59 Å². The van der Waals surface area contributed by atoms with Crippen molar-refractivity contribution >= 4 is 11.8 Å². The lowest BCUT2D eigenvalue weighted by atomic mass is 9.87. The molecule has 0 spiro atoms. The van der Waals surface area contributed by atoms with Crippen molar-refractivity contribution in [1.29, 1.82) is 0 Å². The van der Waals surface area contributed by atoms with E-state index in [1.807, 2.05) is 12.1 Å². The molecule has 0 radical (unpaired) electrons. The number of benzene rings is 1. The van der Waals surface area contributed by atoms with Crippen LogP contribution in [-0.4, -0.2) is 62.1 Å². The molecule has 0 aromatic heterocycles. The number of carbonyl (C=O) groups excluding carboxylic acids is 2. The minimum absolute atomic E-state index is 0.0201. The summed E-state index contributed by atoms with van der Waals surface area (Å²) in [5.41, 5.74) is 1.78. The van der Waals surface area contributed by atoms with Gasteiger partial charge in [0.05, 0.1) is 19.8 Å². The van der Waals surface area contributed by atoms with Crippen molar-refractivity contribution in [2.24, 2.45) is 5.92 Å². The van der Waals surface area contributed by atoms with E-state index in [0.717, 1.165) is 26.3 Å². The number of carbonyl (C=O) groups is 2. The highest BCUT2D eigenvalue weighted by molar-refractivity contribution is 5.96. The first-order chi connectivity index (χ1) is 13.2. The summed E-state index contributed by atoms with van der Waals surface area (Å²) >= 11 is 0. The molecule has 1 fully saturated rings. The van der Waals surface area contributed by atoms with Gasteiger partial charge in [0.1, 0.15) is 0 Å². The number of nitrogens with zero attached hydrogens (tertiary/aromatic N) is 1. The molecule has 2 amide bonds. The van der Waals surface area contributed by atoms with Crippen LogP contribution in [0.4, 0.5) is 0 Å². The van der Waals surface area contributed by atoms with Crippen LogP contribution in [0.2, 0.25) is 0 Å². The minimum Gasteiger partial charge on any atom is -0.379 e. The Morgan fingerprint density at radius 2 is 1.68 bits per heavy atom. The molecule has 1 atom stereocenters. The lowest BCUT2D eigenvalue weighted by Crippen LogP contribution is -2.52. The van der Waals surface area contributed by atoms with E-state index >= 15 is 0 Å². The molecular weight excluding hydrogens is 354 g/mol. The van der Waals surface area contributed by atoms with Crippen LogP contribution in [0.3, 0.4) is 0 Å². The number of nitrogens with one attached hydrogen (secondary N) is 2. The van der Waals surface area contributed by atoms with Crippen molar-refractivity contribution in [3.63, 3.8) is 0 Å². The third kappa shape index (κ3) is 6.60. The average Bonchev–Trinajstić information content (AvgIpc) is 2.66. The van der Waals surface area contributed by atoms with Crippen LogP contribution in [0.5, 0.6) is 0 Å². The fourth-order valence-corrected chi connectivity index (χ4v) is 3.36. The van der Waals surface area contributed by atoms with E-state index in [2.05, 4.69) is 50.2 Å². The number of ether oxygens (including phenoxy) is 1. The predicted molar refractivity (Wildman–Crippen MR) is 112 cm³/mol. The van der Waals surface area contributed by atoms with Gasteiger partial charge in [-0.2, -0.15) is 0 Å². The molecule has 1 heterocycles. The van der Waals surface area contributed by atoms with E-state index < -0.39 is 0 Å². The standard InChI is InChI=1S/C22H35N3O3/c1-16(2)19(25-10-12-28-13-11-25)14-23-20(26)15-24-21(27)17-6-8-18(9-7-17)22(3,4)5/h6-9,16,19H,10-15H2,1-5H3,(H,23,26)(H,24,27). The zero-order valence-corrected chi connectivity index (χ0v) is 17.9. The summed E-state index contributed by atoms with van der Waals surface area (Å²) in [5.74, 6) is 0.0251. The molecule has 1 saturated heterocycles. The van der Waals surface area contributed by atoms with Crippen molar-refractivity contribution in [3.8, 4) is 0 Å². The lowest BCUT2D eigenvalue weighted by molar-refractivity contribution is -0.120. The van der Waals surface area contributed by atoms with Gasteiger partial charge < -0.3 is 15.4 Å². The fourth-order valence-electron chi connectivity index (χ4n) is 3.36. The quantitative estimate of drug-likeness (QED) is 0.750. The molecule has 1 aliphatic heterocycles. The average molecular weight is 390 g/mol. The summed E-state index contributed by atoms with van der Waals surface area (Å²) in [4.78, 5) is 26.9. The monoisotopic (exact) mass is 389 g/mol. The van der Waals surface area contributed by atoms with E-state index in [1.165, 1.54) is 5.56 Å². The molecule has 1 aliphatic rings. The minimum atomic E-state index is -0.232. The van der Waals surface area contributed by atoms with Gasteiger partial charge in [-0.25, -0.2) is 0 Å². The van der Waals surface area contributed by atoms with Crippen molar-refractivity contribution in [2.75, 3.05) is 39.4 Å². The number of rotatable bonds is 7. The number of hydrogen-bond acceptors (Lipinski definition) is 4. The lowest BCUT2D eigenvalue weighted by Gasteiger charge is -2.36.